The first-order valence-electron chi connectivity index (χ1n) is 6.31. The van der Waals surface area contributed by atoms with E-state index in [4.69, 9.17) is 4.74 Å². The zero-order chi connectivity index (χ0) is 14.0. The van der Waals surface area contributed by atoms with Crippen LogP contribution in [-0.4, -0.2) is 43.4 Å². The first kappa shape index (κ1) is 14.4. The smallest absolute Gasteiger partial charge is 0.128 e. The van der Waals surface area contributed by atoms with E-state index in [-0.39, 0.29) is 18.1 Å². The molecule has 0 radical (unpaired) electrons. The number of aliphatic hydroxyl groups is 1. The summed E-state index contributed by atoms with van der Waals surface area (Å²) < 4.78 is 32.1. The summed E-state index contributed by atoms with van der Waals surface area (Å²) in [5.41, 5.74) is 0.0585. The predicted octanol–water partition coefficient (Wildman–Crippen LogP) is 1.97. The molecule has 0 aromatic heterocycles. The van der Waals surface area contributed by atoms with Crippen molar-refractivity contribution in [2.24, 2.45) is 5.41 Å². The molecule has 1 aliphatic heterocycles. The summed E-state index contributed by atoms with van der Waals surface area (Å²) in [6, 6.07) is 3.21. The minimum atomic E-state index is -0.444. The normalized spacial score (nSPS) is 19.3. The molecule has 1 fully saturated rings. The highest BCUT2D eigenvalue weighted by Crippen LogP contribution is 2.31. The Balaban J connectivity index is 2.10. The van der Waals surface area contributed by atoms with Crippen LogP contribution in [0.2, 0.25) is 0 Å². The molecule has 1 unspecified atom stereocenters. The Hall–Kier alpha value is -1.04. The van der Waals surface area contributed by atoms with Gasteiger partial charge in [-0.2, -0.15) is 0 Å². The fourth-order valence-corrected chi connectivity index (χ4v) is 2.36. The van der Waals surface area contributed by atoms with Gasteiger partial charge in [0.25, 0.3) is 0 Å². The average Bonchev–Trinajstić information content (AvgIpc) is 2.35. The van der Waals surface area contributed by atoms with Gasteiger partial charge in [-0.1, -0.05) is 0 Å². The molecule has 1 atom stereocenters. The van der Waals surface area contributed by atoms with Crippen molar-refractivity contribution in [1.82, 2.24) is 4.90 Å². The second-order valence-electron chi connectivity index (χ2n) is 5.41. The number of nitrogens with zero attached hydrogens (tertiary/aromatic N) is 1. The van der Waals surface area contributed by atoms with Gasteiger partial charge in [0, 0.05) is 18.2 Å². The van der Waals surface area contributed by atoms with Crippen LogP contribution in [0.15, 0.2) is 18.2 Å². The SMILES string of the molecule is CC(c1cc(F)ccc1F)N(C)CC1(CO)COC1. The van der Waals surface area contributed by atoms with Crippen molar-refractivity contribution in [2.45, 2.75) is 13.0 Å². The first-order valence-corrected chi connectivity index (χ1v) is 6.31. The van der Waals surface area contributed by atoms with E-state index in [0.717, 1.165) is 12.1 Å². The summed E-state index contributed by atoms with van der Waals surface area (Å²) >= 11 is 0. The highest BCUT2D eigenvalue weighted by molar-refractivity contribution is 5.22. The van der Waals surface area contributed by atoms with Gasteiger partial charge in [0.2, 0.25) is 0 Å². The molecular weight excluding hydrogens is 252 g/mol. The molecule has 0 amide bonds. The van der Waals surface area contributed by atoms with Gasteiger partial charge in [-0.05, 0) is 32.2 Å². The molecule has 0 spiro atoms. The second-order valence-corrected chi connectivity index (χ2v) is 5.41. The van der Waals surface area contributed by atoms with Crippen LogP contribution in [0.3, 0.4) is 0 Å². The van der Waals surface area contributed by atoms with Crippen molar-refractivity contribution < 1.29 is 18.6 Å². The number of hydrogen-bond acceptors (Lipinski definition) is 3. The number of ether oxygens (including phenoxy) is 1. The average molecular weight is 271 g/mol. The van der Waals surface area contributed by atoms with Gasteiger partial charge in [-0.15, -0.1) is 0 Å². The second kappa shape index (κ2) is 5.53. The predicted molar refractivity (Wildman–Crippen MR) is 67.7 cm³/mol. The number of aliphatic hydroxyl groups excluding tert-OH is 1. The molecule has 106 valence electrons. The van der Waals surface area contributed by atoms with E-state index in [1.165, 1.54) is 6.07 Å². The lowest BCUT2D eigenvalue weighted by molar-refractivity contribution is -0.149. The summed E-state index contributed by atoms with van der Waals surface area (Å²) in [7, 11) is 1.84. The standard InChI is InChI=1S/C14H19F2NO2/c1-10(12-5-11(15)3-4-13(12)16)17(2)6-14(7-18)8-19-9-14/h3-5,10,18H,6-9H2,1-2H3. The van der Waals surface area contributed by atoms with E-state index < -0.39 is 11.6 Å². The Morgan fingerprint density at radius 1 is 1.42 bits per heavy atom. The summed E-state index contributed by atoms with van der Waals surface area (Å²) in [5.74, 6) is -0.857. The van der Waals surface area contributed by atoms with Crippen LogP contribution < -0.4 is 0 Å². The van der Waals surface area contributed by atoms with Gasteiger partial charge in [0.15, 0.2) is 0 Å². The third kappa shape index (κ3) is 2.94. The molecular formula is C14H19F2NO2. The number of halogens is 2. The molecule has 3 nitrogen and oxygen atoms in total. The maximum Gasteiger partial charge on any atom is 0.128 e. The van der Waals surface area contributed by atoms with Crippen LogP contribution >= 0.6 is 0 Å². The molecule has 1 saturated heterocycles. The van der Waals surface area contributed by atoms with E-state index in [2.05, 4.69) is 0 Å². The van der Waals surface area contributed by atoms with Crippen molar-refractivity contribution in [3.63, 3.8) is 0 Å². The molecule has 19 heavy (non-hydrogen) atoms. The van der Waals surface area contributed by atoms with Crippen LogP contribution in [0.5, 0.6) is 0 Å². The van der Waals surface area contributed by atoms with E-state index in [9.17, 15) is 13.9 Å². The van der Waals surface area contributed by atoms with Gasteiger partial charge in [0.1, 0.15) is 11.6 Å². The van der Waals surface area contributed by atoms with Crippen LogP contribution in [0.25, 0.3) is 0 Å². The molecule has 0 bridgehead atoms. The number of benzene rings is 1. The lowest BCUT2D eigenvalue weighted by Crippen LogP contribution is -2.52. The molecule has 1 aromatic carbocycles. The van der Waals surface area contributed by atoms with Crippen molar-refractivity contribution in [1.29, 1.82) is 0 Å². The van der Waals surface area contributed by atoms with Crippen LogP contribution in [-0.2, 0) is 4.74 Å². The molecule has 1 aromatic rings. The largest absolute Gasteiger partial charge is 0.396 e. The van der Waals surface area contributed by atoms with Crippen molar-refractivity contribution in [2.75, 3.05) is 33.4 Å². The van der Waals surface area contributed by atoms with Gasteiger partial charge in [-0.25, -0.2) is 8.78 Å². The fourth-order valence-electron chi connectivity index (χ4n) is 2.36. The zero-order valence-electron chi connectivity index (χ0n) is 11.2. The Morgan fingerprint density at radius 2 is 2.11 bits per heavy atom. The van der Waals surface area contributed by atoms with Crippen LogP contribution in [0.4, 0.5) is 8.78 Å². The van der Waals surface area contributed by atoms with E-state index in [1.54, 1.807) is 0 Å². The third-order valence-corrected chi connectivity index (χ3v) is 3.81. The summed E-state index contributed by atoms with van der Waals surface area (Å²) in [6.45, 7) is 3.46. The van der Waals surface area contributed by atoms with Gasteiger partial charge < -0.3 is 9.84 Å². The molecule has 1 aliphatic rings. The number of rotatable bonds is 5. The molecule has 1 heterocycles. The molecule has 5 heteroatoms. The van der Waals surface area contributed by atoms with Crippen LogP contribution in [0.1, 0.15) is 18.5 Å². The maximum atomic E-state index is 13.7. The minimum absolute atomic E-state index is 0.0374. The lowest BCUT2D eigenvalue weighted by Gasteiger charge is -2.43. The summed E-state index contributed by atoms with van der Waals surface area (Å²) in [5, 5.41) is 9.40. The number of hydrogen-bond donors (Lipinski definition) is 1. The topological polar surface area (TPSA) is 32.7 Å². The molecule has 1 N–H and O–H groups in total. The van der Waals surface area contributed by atoms with Gasteiger partial charge >= 0.3 is 0 Å². The van der Waals surface area contributed by atoms with Crippen LogP contribution in [0, 0.1) is 17.0 Å². The summed E-state index contributed by atoms with van der Waals surface area (Å²) in [6.07, 6.45) is 0. The van der Waals surface area contributed by atoms with Crippen molar-refractivity contribution in [3.8, 4) is 0 Å². The highest BCUT2D eigenvalue weighted by Gasteiger charge is 2.39. The Labute approximate surface area is 111 Å². The van der Waals surface area contributed by atoms with E-state index in [1.807, 2.05) is 18.9 Å². The monoisotopic (exact) mass is 271 g/mol. The van der Waals surface area contributed by atoms with E-state index in [0.29, 0.717) is 25.3 Å². The molecule has 0 aliphatic carbocycles. The van der Waals surface area contributed by atoms with Crippen molar-refractivity contribution in [3.05, 3.63) is 35.4 Å². The molecule has 2 rings (SSSR count). The quantitative estimate of drug-likeness (QED) is 0.888. The zero-order valence-corrected chi connectivity index (χ0v) is 11.2. The van der Waals surface area contributed by atoms with Gasteiger partial charge in [0.05, 0.1) is 25.2 Å². The molecule has 0 saturated carbocycles. The minimum Gasteiger partial charge on any atom is -0.396 e. The fraction of sp³-hybridized carbons (Fsp3) is 0.571. The summed E-state index contributed by atoms with van der Waals surface area (Å²) in [4.78, 5) is 1.91. The first-order chi connectivity index (χ1) is 8.97. The van der Waals surface area contributed by atoms with Crippen molar-refractivity contribution >= 4 is 0 Å². The maximum absolute atomic E-state index is 13.7. The Morgan fingerprint density at radius 3 is 2.63 bits per heavy atom. The van der Waals surface area contributed by atoms with Gasteiger partial charge in [-0.3, -0.25) is 4.90 Å². The third-order valence-electron chi connectivity index (χ3n) is 3.81. The Kier molecular flexibility index (Phi) is 4.18. The highest BCUT2D eigenvalue weighted by atomic mass is 19.1. The Bertz CT molecular complexity index is 444. The van der Waals surface area contributed by atoms with E-state index >= 15 is 0 Å². The lowest BCUT2D eigenvalue weighted by atomic mass is 9.86.